The lowest BCUT2D eigenvalue weighted by Gasteiger charge is -1.98. The van der Waals surface area contributed by atoms with Gasteiger partial charge in [0.05, 0.1) is 0 Å². The Bertz CT molecular complexity index is 228. The number of aromatic amines is 1. The van der Waals surface area contributed by atoms with Gasteiger partial charge >= 0.3 is 0 Å². The summed E-state index contributed by atoms with van der Waals surface area (Å²) in [5, 5.41) is 10.3. The third kappa shape index (κ3) is 2.69. The van der Waals surface area contributed by atoms with Gasteiger partial charge in [-0.3, -0.25) is 0 Å². The normalized spacial score (nSPS) is 13.5. The highest BCUT2D eigenvalue weighted by Gasteiger charge is 1.92. The number of hydrazone groups is 1. The summed E-state index contributed by atoms with van der Waals surface area (Å²) >= 11 is 0. The fraction of sp³-hybridized carbons (Fsp3) is 0.571. The number of H-pyrrole nitrogens is 1. The molecule has 0 fully saturated rings. The van der Waals surface area contributed by atoms with Crippen LogP contribution in [-0.4, -0.2) is 21.4 Å². The molecule has 1 atom stereocenters. The first kappa shape index (κ1) is 8.70. The van der Waals surface area contributed by atoms with Gasteiger partial charge < -0.3 is 0 Å². The molecule has 5 nitrogen and oxygen atoms in total. The summed E-state index contributed by atoms with van der Waals surface area (Å²) < 4.78 is 0. The largest absolute Gasteiger partial charge is 0.246 e. The summed E-state index contributed by atoms with van der Waals surface area (Å²) in [4.78, 5) is 3.85. The molecule has 66 valence electrons. The molecule has 0 saturated carbocycles. The van der Waals surface area contributed by atoms with Crippen LogP contribution in [0.1, 0.15) is 20.3 Å². The summed E-state index contributed by atoms with van der Waals surface area (Å²) in [6.07, 6.45) is 4.37. The third-order valence-electron chi connectivity index (χ3n) is 1.56. The lowest BCUT2D eigenvalue weighted by atomic mass is 10.1. The van der Waals surface area contributed by atoms with E-state index in [-0.39, 0.29) is 0 Å². The van der Waals surface area contributed by atoms with E-state index < -0.39 is 0 Å². The van der Waals surface area contributed by atoms with Crippen LogP contribution < -0.4 is 5.43 Å². The van der Waals surface area contributed by atoms with E-state index in [0.717, 1.165) is 6.42 Å². The minimum absolute atomic E-state index is 0.487. The van der Waals surface area contributed by atoms with E-state index >= 15 is 0 Å². The van der Waals surface area contributed by atoms with Crippen molar-refractivity contribution in [2.24, 2.45) is 11.0 Å². The molecule has 0 spiro atoms. The molecular formula is C7H13N5. The Kier molecular flexibility index (Phi) is 3.25. The second-order valence-corrected chi connectivity index (χ2v) is 2.61. The number of hydrogen-bond donors (Lipinski definition) is 2. The van der Waals surface area contributed by atoms with Gasteiger partial charge in [0.1, 0.15) is 6.33 Å². The summed E-state index contributed by atoms with van der Waals surface area (Å²) in [6, 6.07) is 0. The predicted octanol–water partition coefficient (Wildman–Crippen LogP) is 1.25. The Morgan fingerprint density at radius 3 is 3.25 bits per heavy atom. The van der Waals surface area contributed by atoms with Crippen molar-refractivity contribution in [3.05, 3.63) is 6.33 Å². The summed E-state index contributed by atoms with van der Waals surface area (Å²) in [7, 11) is 0. The molecule has 0 bridgehead atoms. The van der Waals surface area contributed by atoms with E-state index in [2.05, 4.69) is 39.6 Å². The molecule has 5 heteroatoms. The van der Waals surface area contributed by atoms with Gasteiger partial charge in [-0.25, -0.2) is 10.5 Å². The van der Waals surface area contributed by atoms with Crippen LogP contribution in [-0.2, 0) is 0 Å². The van der Waals surface area contributed by atoms with Crippen molar-refractivity contribution < 1.29 is 0 Å². The van der Waals surface area contributed by atoms with Crippen LogP contribution in [0.3, 0.4) is 0 Å². The van der Waals surface area contributed by atoms with Gasteiger partial charge in [0, 0.05) is 6.21 Å². The van der Waals surface area contributed by atoms with Crippen LogP contribution in [0.25, 0.3) is 0 Å². The predicted molar refractivity (Wildman–Crippen MR) is 48.0 cm³/mol. The standard InChI is InChI=1S/C7H13N5/c1-3-6(2)4-9-11-7-8-5-10-12-7/h4-6H,3H2,1-2H3,(H2,8,10,11,12)/b9-4+. The minimum atomic E-state index is 0.487. The highest BCUT2D eigenvalue weighted by Crippen LogP contribution is 1.96. The Hall–Kier alpha value is -1.39. The number of aromatic nitrogens is 3. The number of rotatable bonds is 4. The van der Waals surface area contributed by atoms with E-state index in [1.807, 2.05) is 6.21 Å². The molecule has 0 radical (unpaired) electrons. The van der Waals surface area contributed by atoms with Crippen LogP contribution in [0.2, 0.25) is 0 Å². The minimum Gasteiger partial charge on any atom is -0.246 e. The molecule has 12 heavy (non-hydrogen) atoms. The fourth-order valence-corrected chi connectivity index (χ4v) is 0.590. The van der Waals surface area contributed by atoms with Crippen molar-refractivity contribution in [3.8, 4) is 0 Å². The quantitative estimate of drug-likeness (QED) is 0.524. The molecule has 0 aliphatic heterocycles. The number of nitrogens with zero attached hydrogens (tertiary/aromatic N) is 3. The summed E-state index contributed by atoms with van der Waals surface area (Å²) in [5.74, 6) is 1.05. The van der Waals surface area contributed by atoms with Crippen LogP contribution in [0, 0.1) is 5.92 Å². The lowest BCUT2D eigenvalue weighted by Crippen LogP contribution is -1.97. The zero-order valence-electron chi connectivity index (χ0n) is 7.28. The van der Waals surface area contributed by atoms with Gasteiger partial charge in [0.15, 0.2) is 0 Å². The Labute approximate surface area is 71.3 Å². The first-order valence-electron chi connectivity index (χ1n) is 3.97. The Balaban J connectivity index is 2.30. The molecule has 0 amide bonds. The topological polar surface area (TPSA) is 66.0 Å². The van der Waals surface area contributed by atoms with E-state index in [0.29, 0.717) is 11.9 Å². The van der Waals surface area contributed by atoms with Crippen molar-refractivity contribution >= 4 is 12.2 Å². The molecule has 1 aromatic heterocycles. The number of nitrogens with one attached hydrogen (secondary N) is 2. The maximum absolute atomic E-state index is 3.98. The van der Waals surface area contributed by atoms with E-state index in [1.54, 1.807) is 0 Å². The van der Waals surface area contributed by atoms with Crippen LogP contribution >= 0.6 is 0 Å². The fourth-order valence-electron chi connectivity index (χ4n) is 0.590. The zero-order valence-corrected chi connectivity index (χ0v) is 7.28. The molecule has 0 aromatic carbocycles. The van der Waals surface area contributed by atoms with Crippen LogP contribution in [0.5, 0.6) is 0 Å². The van der Waals surface area contributed by atoms with Crippen molar-refractivity contribution in [2.75, 3.05) is 5.43 Å². The van der Waals surface area contributed by atoms with E-state index in [9.17, 15) is 0 Å². The van der Waals surface area contributed by atoms with Crippen molar-refractivity contribution in [1.82, 2.24) is 15.2 Å². The van der Waals surface area contributed by atoms with Crippen LogP contribution in [0.15, 0.2) is 11.4 Å². The second kappa shape index (κ2) is 4.48. The number of hydrogen-bond acceptors (Lipinski definition) is 4. The Morgan fingerprint density at radius 2 is 2.67 bits per heavy atom. The summed E-state index contributed by atoms with van der Waals surface area (Å²) in [6.45, 7) is 4.22. The zero-order chi connectivity index (χ0) is 8.81. The maximum Gasteiger partial charge on any atom is 0.239 e. The van der Waals surface area contributed by atoms with Gasteiger partial charge in [-0.1, -0.05) is 13.8 Å². The molecule has 1 unspecified atom stereocenters. The molecule has 1 heterocycles. The van der Waals surface area contributed by atoms with Gasteiger partial charge in [-0.05, 0) is 12.3 Å². The third-order valence-corrected chi connectivity index (χ3v) is 1.56. The first-order chi connectivity index (χ1) is 5.83. The first-order valence-corrected chi connectivity index (χ1v) is 3.97. The number of anilines is 1. The SMILES string of the molecule is CCC(C)/C=N/Nc1ncn[nH]1. The Morgan fingerprint density at radius 1 is 1.83 bits per heavy atom. The molecule has 1 aromatic rings. The average molecular weight is 167 g/mol. The second-order valence-electron chi connectivity index (χ2n) is 2.61. The van der Waals surface area contributed by atoms with Crippen molar-refractivity contribution in [1.29, 1.82) is 0 Å². The average Bonchev–Trinajstić information content (AvgIpc) is 2.57. The van der Waals surface area contributed by atoms with Gasteiger partial charge in [0.25, 0.3) is 0 Å². The highest BCUT2D eigenvalue weighted by molar-refractivity contribution is 5.60. The van der Waals surface area contributed by atoms with Crippen LogP contribution in [0.4, 0.5) is 5.95 Å². The molecule has 2 N–H and O–H groups in total. The molecule has 0 saturated heterocycles. The van der Waals surface area contributed by atoms with Gasteiger partial charge in [-0.2, -0.15) is 15.2 Å². The van der Waals surface area contributed by atoms with Gasteiger partial charge in [-0.15, -0.1) is 0 Å². The monoisotopic (exact) mass is 167 g/mol. The lowest BCUT2D eigenvalue weighted by molar-refractivity contribution is 0.753. The molecule has 0 aliphatic rings. The molecular weight excluding hydrogens is 154 g/mol. The van der Waals surface area contributed by atoms with Crippen molar-refractivity contribution in [2.45, 2.75) is 20.3 Å². The van der Waals surface area contributed by atoms with Crippen molar-refractivity contribution in [3.63, 3.8) is 0 Å². The maximum atomic E-state index is 3.98. The van der Waals surface area contributed by atoms with E-state index in [4.69, 9.17) is 0 Å². The van der Waals surface area contributed by atoms with Gasteiger partial charge in [0.2, 0.25) is 5.95 Å². The molecule has 1 rings (SSSR count). The highest BCUT2D eigenvalue weighted by atomic mass is 15.4. The summed E-state index contributed by atoms with van der Waals surface area (Å²) in [5.41, 5.74) is 2.73. The van der Waals surface area contributed by atoms with E-state index in [1.165, 1.54) is 6.33 Å². The smallest absolute Gasteiger partial charge is 0.239 e. The molecule has 0 aliphatic carbocycles.